The Morgan fingerprint density at radius 2 is 1.58 bits per heavy atom. The normalized spacial score (nSPS) is 11.2. The van der Waals surface area contributed by atoms with Crippen molar-refractivity contribution in [3.8, 4) is 0 Å². The summed E-state index contributed by atoms with van der Waals surface area (Å²) in [6.45, 7) is 0. The van der Waals surface area contributed by atoms with Gasteiger partial charge in [0, 0.05) is 0 Å². The molecule has 64 valence electrons. The second-order valence-electron chi connectivity index (χ2n) is 3.95. The topological polar surface area (TPSA) is 17.1 Å². The Morgan fingerprint density at radius 3 is 2.00 bits per heavy atom. The minimum atomic E-state index is -2.34. The van der Waals surface area contributed by atoms with Crippen molar-refractivity contribution in [1.82, 2.24) is 0 Å². The predicted molar refractivity (Wildman–Crippen MR) is 54.1 cm³/mol. The van der Waals surface area contributed by atoms with Crippen LogP contribution < -0.4 is 0 Å². The fourth-order valence-corrected chi connectivity index (χ4v) is 3.97. The van der Waals surface area contributed by atoms with E-state index in [1.807, 2.05) is 30.3 Å². The van der Waals surface area contributed by atoms with Crippen LogP contribution in [-0.4, -0.2) is 22.2 Å². The van der Waals surface area contributed by atoms with Crippen molar-refractivity contribution in [1.29, 1.82) is 0 Å². The maximum absolute atomic E-state index is 11.8. The number of benzene rings is 1. The first-order valence-corrected chi connectivity index (χ1v) is 14.1. The maximum atomic E-state index is 11.8. The van der Waals surface area contributed by atoms with Crippen LogP contribution in [0.3, 0.4) is 0 Å². The van der Waals surface area contributed by atoms with Gasteiger partial charge in [-0.05, 0) is 0 Å². The molecule has 1 nitrogen and oxygen atoms in total. The van der Waals surface area contributed by atoms with E-state index in [0.29, 0.717) is 3.80 Å². The van der Waals surface area contributed by atoms with E-state index in [1.165, 1.54) is 0 Å². The molecule has 0 radical (unpaired) electrons. The summed E-state index contributed by atoms with van der Waals surface area (Å²) < 4.78 is 0.407. The Bertz CT molecular complexity index is 272. The average Bonchev–Trinajstić information content (AvgIpc) is 2.03. The van der Waals surface area contributed by atoms with Gasteiger partial charge in [-0.3, -0.25) is 0 Å². The Morgan fingerprint density at radius 1 is 1.08 bits per heavy atom. The summed E-state index contributed by atoms with van der Waals surface area (Å²) in [5.41, 5.74) is 0.890. The predicted octanol–water partition coefficient (Wildman–Crippen LogP) is 2.75. The van der Waals surface area contributed by atoms with Crippen molar-refractivity contribution in [3.05, 3.63) is 35.9 Å². The summed E-state index contributed by atoms with van der Waals surface area (Å²) in [5.74, 6) is 0. The van der Waals surface area contributed by atoms with Gasteiger partial charge < -0.3 is 0 Å². The molecule has 2 heteroatoms. The monoisotopic (exact) mass is 270 g/mol. The zero-order valence-electron chi connectivity index (χ0n) is 7.79. The Kier molecular flexibility index (Phi) is 2.93. The van der Waals surface area contributed by atoms with Gasteiger partial charge in [-0.25, -0.2) is 0 Å². The first-order chi connectivity index (χ1) is 5.52. The molecular formula is C10H14OSn. The molecule has 1 rings (SSSR count). The van der Waals surface area contributed by atoms with Crippen molar-refractivity contribution < 1.29 is 4.79 Å². The van der Waals surface area contributed by atoms with Crippen molar-refractivity contribution in [2.24, 2.45) is 0 Å². The molecule has 0 aromatic heterocycles. The molecule has 0 saturated heterocycles. The van der Waals surface area contributed by atoms with Crippen LogP contribution in [0.2, 0.25) is 14.8 Å². The molecule has 0 aliphatic rings. The third kappa shape index (κ3) is 2.34. The van der Waals surface area contributed by atoms with Gasteiger partial charge in [0.2, 0.25) is 0 Å². The van der Waals surface area contributed by atoms with Gasteiger partial charge in [0.25, 0.3) is 0 Å². The molecule has 0 N–H and O–H groups in total. The quantitative estimate of drug-likeness (QED) is 0.754. The first-order valence-electron chi connectivity index (χ1n) is 4.11. The fraction of sp³-hybridized carbons (Fsp3) is 0.300. The standard InChI is InChI=1S/C7H5O.3CH3.Sn/c8-6-7-4-2-1-3-5-7;;;;/h1-5H;3*1H3;. The molecule has 0 aliphatic carbocycles. The van der Waals surface area contributed by atoms with Gasteiger partial charge in [0.05, 0.1) is 0 Å². The van der Waals surface area contributed by atoms with Crippen LogP contribution in [0.4, 0.5) is 0 Å². The molecule has 12 heavy (non-hydrogen) atoms. The van der Waals surface area contributed by atoms with Gasteiger partial charge in [0.15, 0.2) is 0 Å². The SMILES string of the molecule is [CH3][Sn]([CH3])([CH3])[C](=O)c1ccccc1. The first kappa shape index (κ1) is 9.77. The van der Waals surface area contributed by atoms with Crippen LogP contribution in [-0.2, 0) is 0 Å². The molecule has 0 fully saturated rings. The summed E-state index contributed by atoms with van der Waals surface area (Å²) in [6, 6.07) is 9.60. The van der Waals surface area contributed by atoms with Crippen molar-refractivity contribution >= 4 is 22.2 Å². The zero-order chi connectivity index (χ0) is 9.19. The van der Waals surface area contributed by atoms with Gasteiger partial charge in [-0.15, -0.1) is 0 Å². The Labute approximate surface area is 77.7 Å². The summed E-state index contributed by atoms with van der Waals surface area (Å²) in [6.07, 6.45) is 0. The molecule has 0 unspecified atom stereocenters. The molecule has 0 heterocycles. The van der Waals surface area contributed by atoms with Crippen molar-refractivity contribution in [3.63, 3.8) is 0 Å². The van der Waals surface area contributed by atoms with E-state index in [2.05, 4.69) is 14.8 Å². The molecule has 0 saturated carbocycles. The summed E-state index contributed by atoms with van der Waals surface area (Å²) in [4.78, 5) is 18.2. The molecule has 0 atom stereocenters. The average molecular weight is 269 g/mol. The molecule has 0 bridgehead atoms. The summed E-state index contributed by atoms with van der Waals surface area (Å²) in [5, 5.41) is 0. The van der Waals surface area contributed by atoms with Crippen molar-refractivity contribution in [2.45, 2.75) is 14.8 Å². The third-order valence-corrected chi connectivity index (χ3v) is 6.43. The van der Waals surface area contributed by atoms with Gasteiger partial charge in [-0.1, -0.05) is 0 Å². The molecular weight excluding hydrogens is 255 g/mol. The molecule has 1 aromatic rings. The van der Waals surface area contributed by atoms with Crippen LogP contribution in [0.5, 0.6) is 0 Å². The van der Waals surface area contributed by atoms with E-state index < -0.39 is 18.4 Å². The third-order valence-electron chi connectivity index (χ3n) is 1.72. The molecule has 0 amide bonds. The molecule has 0 spiro atoms. The summed E-state index contributed by atoms with van der Waals surface area (Å²) in [7, 11) is 0. The van der Waals surface area contributed by atoms with Crippen LogP contribution in [0.1, 0.15) is 10.4 Å². The Hall–Kier alpha value is -0.311. The van der Waals surface area contributed by atoms with Gasteiger partial charge >= 0.3 is 77.7 Å². The molecule has 1 aromatic carbocycles. The van der Waals surface area contributed by atoms with E-state index >= 15 is 0 Å². The van der Waals surface area contributed by atoms with Crippen molar-refractivity contribution in [2.75, 3.05) is 0 Å². The van der Waals surface area contributed by atoms with Crippen LogP contribution >= 0.6 is 0 Å². The number of carbonyl (C=O) groups is 1. The van der Waals surface area contributed by atoms with Crippen LogP contribution in [0.15, 0.2) is 30.3 Å². The van der Waals surface area contributed by atoms with E-state index in [-0.39, 0.29) is 0 Å². The number of hydrogen-bond acceptors (Lipinski definition) is 1. The minimum absolute atomic E-state index is 0.407. The second-order valence-corrected chi connectivity index (χ2v) is 18.1. The fourth-order valence-electron chi connectivity index (χ4n) is 1.02. The number of carbonyl (C=O) groups excluding carboxylic acids is 1. The van der Waals surface area contributed by atoms with E-state index in [1.54, 1.807) is 0 Å². The van der Waals surface area contributed by atoms with Gasteiger partial charge in [0.1, 0.15) is 0 Å². The number of rotatable bonds is 2. The number of hydrogen-bond donors (Lipinski definition) is 0. The second kappa shape index (κ2) is 3.60. The van der Waals surface area contributed by atoms with Crippen LogP contribution in [0, 0.1) is 0 Å². The molecule has 0 aliphatic heterocycles. The Balaban J connectivity index is 2.94. The van der Waals surface area contributed by atoms with E-state index in [0.717, 1.165) is 5.56 Å². The van der Waals surface area contributed by atoms with E-state index in [9.17, 15) is 4.79 Å². The van der Waals surface area contributed by atoms with Gasteiger partial charge in [-0.2, -0.15) is 0 Å². The summed E-state index contributed by atoms with van der Waals surface area (Å²) >= 11 is -2.34. The zero-order valence-corrected chi connectivity index (χ0v) is 10.6. The van der Waals surface area contributed by atoms with Crippen LogP contribution in [0.25, 0.3) is 0 Å². The van der Waals surface area contributed by atoms with E-state index in [4.69, 9.17) is 0 Å².